The minimum Gasteiger partial charge on any atom is -0.481 e. The molecule has 14 heavy (non-hydrogen) atoms. The molecule has 2 heterocycles. The quantitative estimate of drug-likeness (QED) is 0.774. The Labute approximate surface area is 84.5 Å². The highest BCUT2D eigenvalue weighted by molar-refractivity contribution is 5.33. The van der Waals surface area contributed by atoms with Crippen molar-refractivity contribution in [1.29, 1.82) is 0 Å². The van der Waals surface area contributed by atoms with Crippen LogP contribution in [-0.4, -0.2) is 18.6 Å². The van der Waals surface area contributed by atoms with Crippen molar-refractivity contribution in [2.24, 2.45) is 0 Å². The summed E-state index contributed by atoms with van der Waals surface area (Å²) in [5, 5.41) is 3.50. The first kappa shape index (κ1) is 9.46. The Morgan fingerprint density at radius 3 is 3.07 bits per heavy atom. The number of ether oxygens (including phenoxy) is 1. The fraction of sp³-hybridized carbons (Fsp3) is 0.545. The number of aromatic nitrogens is 1. The van der Waals surface area contributed by atoms with Crippen LogP contribution in [-0.2, 0) is 5.54 Å². The molecule has 1 aliphatic heterocycles. The molecule has 1 unspecified atom stereocenters. The number of hydrogen-bond donors (Lipinski definition) is 1. The number of hydrogen-bond acceptors (Lipinski definition) is 3. The smallest absolute Gasteiger partial charge is 0.218 e. The van der Waals surface area contributed by atoms with E-state index < -0.39 is 0 Å². The van der Waals surface area contributed by atoms with Crippen LogP contribution in [0.3, 0.4) is 0 Å². The summed E-state index contributed by atoms with van der Waals surface area (Å²) >= 11 is 0. The van der Waals surface area contributed by atoms with Gasteiger partial charge in [-0.2, -0.15) is 0 Å². The molecule has 1 aliphatic rings. The molecule has 3 nitrogen and oxygen atoms in total. The van der Waals surface area contributed by atoms with Gasteiger partial charge in [-0.3, -0.25) is 0 Å². The van der Waals surface area contributed by atoms with Crippen LogP contribution in [0.25, 0.3) is 0 Å². The fourth-order valence-corrected chi connectivity index (χ4v) is 2.10. The highest BCUT2D eigenvalue weighted by atomic mass is 16.5. The van der Waals surface area contributed by atoms with Crippen molar-refractivity contribution in [3.8, 4) is 5.88 Å². The molecule has 0 amide bonds. The van der Waals surface area contributed by atoms with Crippen molar-refractivity contribution >= 4 is 0 Å². The first-order valence-electron chi connectivity index (χ1n) is 5.01. The van der Waals surface area contributed by atoms with Crippen LogP contribution in [0.1, 0.15) is 25.3 Å². The molecule has 0 radical (unpaired) electrons. The Bertz CT molecular complexity index is 319. The minimum absolute atomic E-state index is 0.0413. The Balaban J connectivity index is 2.39. The maximum atomic E-state index is 5.27. The lowest BCUT2D eigenvalue weighted by Gasteiger charge is -2.25. The van der Waals surface area contributed by atoms with Crippen molar-refractivity contribution in [3.05, 3.63) is 23.9 Å². The van der Waals surface area contributed by atoms with Gasteiger partial charge in [0.15, 0.2) is 0 Å². The van der Waals surface area contributed by atoms with Crippen LogP contribution in [0.5, 0.6) is 5.88 Å². The molecule has 1 saturated heterocycles. The summed E-state index contributed by atoms with van der Waals surface area (Å²) < 4.78 is 5.27. The predicted octanol–water partition coefficient (Wildman–Crippen LogP) is 1.69. The van der Waals surface area contributed by atoms with Crippen LogP contribution < -0.4 is 10.1 Å². The summed E-state index contributed by atoms with van der Waals surface area (Å²) in [6.07, 6.45) is 4.13. The van der Waals surface area contributed by atoms with Gasteiger partial charge in [-0.05, 0) is 32.4 Å². The van der Waals surface area contributed by atoms with Gasteiger partial charge >= 0.3 is 0 Å². The summed E-state index contributed by atoms with van der Waals surface area (Å²) in [5.41, 5.74) is 1.21. The van der Waals surface area contributed by atoms with Crippen LogP contribution in [0.15, 0.2) is 18.3 Å². The number of nitrogens with one attached hydrogen (secondary N) is 1. The highest BCUT2D eigenvalue weighted by Crippen LogP contribution is 2.34. The summed E-state index contributed by atoms with van der Waals surface area (Å²) in [6, 6.07) is 4.05. The van der Waals surface area contributed by atoms with Crippen LogP contribution >= 0.6 is 0 Å². The largest absolute Gasteiger partial charge is 0.481 e. The zero-order valence-corrected chi connectivity index (χ0v) is 8.71. The van der Waals surface area contributed by atoms with Gasteiger partial charge in [0, 0.05) is 17.3 Å². The van der Waals surface area contributed by atoms with E-state index in [9.17, 15) is 0 Å². The van der Waals surface area contributed by atoms with Crippen molar-refractivity contribution in [1.82, 2.24) is 10.3 Å². The van der Waals surface area contributed by atoms with Crippen molar-refractivity contribution in [3.63, 3.8) is 0 Å². The van der Waals surface area contributed by atoms with Crippen molar-refractivity contribution in [2.45, 2.75) is 25.3 Å². The molecule has 0 aliphatic carbocycles. The summed E-state index contributed by atoms with van der Waals surface area (Å²) in [5.74, 6) is 0.740. The van der Waals surface area contributed by atoms with E-state index in [1.807, 2.05) is 6.07 Å². The molecule has 0 aromatic carbocycles. The molecule has 1 atom stereocenters. The first-order chi connectivity index (χ1) is 6.76. The molecular weight excluding hydrogens is 176 g/mol. The van der Waals surface area contributed by atoms with Gasteiger partial charge in [0.05, 0.1) is 7.11 Å². The van der Waals surface area contributed by atoms with Crippen molar-refractivity contribution < 1.29 is 4.74 Å². The average Bonchev–Trinajstić information content (AvgIpc) is 2.66. The third-order valence-corrected chi connectivity index (χ3v) is 2.93. The van der Waals surface area contributed by atoms with Gasteiger partial charge in [0.1, 0.15) is 0 Å². The molecule has 0 bridgehead atoms. The number of methoxy groups -OCH3 is 1. The molecule has 0 spiro atoms. The monoisotopic (exact) mass is 192 g/mol. The zero-order valence-electron chi connectivity index (χ0n) is 8.71. The molecule has 1 fully saturated rings. The van der Waals surface area contributed by atoms with Crippen LogP contribution in [0, 0.1) is 0 Å². The standard InChI is InChI=1S/C11H16N2O/c1-11(6-4-8-13-11)9-5-3-7-12-10(9)14-2/h3,5,7,13H,4,6,8H2,1-2H3. The maximum Gasteiger partial charge on any atom is 0.218 e. The van der Waals surface area contributed by atoms with E-state index in [0.29, 0.717) is 0 Å². The molecular formula is C11H16N2O. The second-order valence-corrected chi connectivity index (χ2v) is 3.92. The van der Waals surface area contributed by atoms with Crippen molar-refractivity contribution in [2.75, 3.05) is 13.7 Å². The van der Waals surface area contributed by atoms with Gasteiger partial charge in [-0.25, -0.2) is 4.98 Å². The third kappa shape index (κ3) is 1.48. The van der Waals surface area contributed by atoms with Crippen LogP contribution in [0.4, 0.5) is 0 Å². The number of pyridine rings is 1. The lowest BCUT2D eigenvalue weighted by atomic mass is 9.91. The lowest BCUT2D eigenvalue weighted by molar-refractivity contribution is 0.358. The molecule has 76 valence electrons. The van der Waals surface area contributed by atoms with E-state index in [2.05, 4.69) is 23.3 Å². The van der Waals surface area contributed by atoms with E-state index >= 15 is 0 Å². The molecule has 2 rings (SSSR count). The Morgan fingerprint density at radius 1 is 1.57 bits per heavy atom. The third-order valence-electron chi connectivity index (χ3n) is 2.93. The summed E-state index contributed by atoms with van der Waals surface area (Å²) in [4.78, 5) is 4.22. The van der Waals surface area contributed by atoms with Crippen LogP contribution in [0.2, 0.25) is 0 Å². The molecule has 0 saturated carbocycles. The van der Waals surface area contributed by atoms with E-state index in [-0.39, 0.29) is 5.54 Å². The normalized spacial score (nSPS) is 26.4. The average molecular weight is 192 g/mol. The molecule has 1 aromatic rings. The predicted molar refractivity (Wildman–Crippen MR) is 55.4 cm³/mol. The Hall–Kier alpha value is -1.09. The van der Waals surface area contributed by atoms with Gasteiger partial charge < -0.3 is 10.1 Å². The molecule has 1 N–H and O–H groups in total. The van der Waals surface area contributed by atoms with Gasteiger partial charge in [0.25, 0.3) is 0 Å². The maximum absolute atomic E-state index is 5.27. The fourth-order valence-electron chi connectivity index (χ4n) is 2.10. The Kier molecular flexibility index (Phi) is 2.42. The van der Waals surface area contributed by atoms with Gasteiger partial charge in [0.2, 0.25) is 5.88 Å². The molecule has 1 aromatic heterocycles. The summed E-state index contributed by atoms with van der Waals surface area (Å²) in [7, 11) is 1.67. The zero-order chi connectivity index (χ0) is 10.0. The second-order valence-electron chi connectivity index (χ2n) is 3.92. The van der Waals surface area contributed by atoms with E-state index in [4.69, 9.17) is 4.74 Å². The highest BCUT2D eigenvalue weighted by Gasteiger charge is 2.32. The van der Waals surface area contributed by atoms with Gasteiger partial charge in [-0.1, -0.05) is 6.07 Å². The molecule has 3 heteroatoms. The summed E-state index contributed by atoms with van der Waals surface area (Å²) in [6.45, 7) is 3.29. The Morgan fingerprint density at radius 2 is 2.43 bits per heavy atom. The van der Waals surface area contributed by atoms with Gasteiger partial charge in [-0.15, -0.1) is 0 Å². The number of nitrogens with zero attached hydrogens (tertiary/aromatic N) is 1. The van der Waals surface area contributed by atoms with E-state index in [1.54, 1.807) is 13.3 Å². The van der Waals surface area contributed by atoms with E-state index in [1.165, 1.54) is 12.0 Å². The van der Waals surface area contributed by atoms with E-state index in [0.717, 1.165) is 18.8 Å². The second kappa shape index (κ2) is 3.58. The minimum atomic E-state index is 0.0413. The SMILES string of the molecule is COc1ncccc1C1(C)CCCN1. The first-order valence-corrected chi connectivity index (χ1v) is 5.01. The topological polar surface area (TPSA) is 34.1 Å². The number of rotatable bonds is 2. The lowest BCUT2D eigenvalue weighted by Crippen LogP contribution is -2.33.